The summed E-state index contributed by atoms with van der Waals surface area (Å²) >= 11 is 0. The van der Waals surface area contributed by atoms with Gasteiger partial charge in [0.25, 0.3) is 5.91 Å². The number of carbonyl (C=O) groups excluding carboxylic acids is 1. The number of amides is 1. The van der Waals surface area contributed by atoms with E-state index in [2.05, 4.69) is 9.97 Å². The van der Waals surface area contributed by atoms with E-state index < -0.39 is 11.9 Å². The first-order valence-corrected chi connectivity index (χ1v) is 6.51. The average molecular weight is 285 g/mol. The summed E-state index contributed by atoms with van der Waals surface area (Å²) in [5.74, 6) is -1.58. The first-order valence-electron chi connectivity index (χ1n) is 6.51. The van der Waals surface area contributed by atoms with Crippen molar-refractivity contribution in [2.75, 3.05) is 6.54 Å². The van der Waals surface area contributed by atoms with E-state index in [9.17, 15) is 9.59 Å². The van der Waals surface area contributed by atoms with Crippen LogP contribution in [0.25, 0.3) is 0 Å². The second-order valence-corrected chi connectivity index (χ2v) is 4.35. The Morgan fingerprint density at radius 2 is 1.90 bits per heavy atom. The van der Waals surface area contributed by atoms with Gasteiger partial charge in [0.1, 0.15) is 5.69 Å². The van der Waals surface area contributed by atoms with Crippen molar-refractivity contribution in [3.8, 4) is 0 Å². The largest absolute Gasteiger partial charge is 0.478 e. The van der Waals surface area contributed by atoms with Gasteiger partial charge in [0, 0.05) is 18.9 Å². The number of carboxylic acid groups (broad SMARTS) is 1. The molecule has 0 aliphatic rings. The van der Waals surface area contributed by atoms with Gasteiger partial charge >= 0.3 is 5.97 Å². The molecule has 108 valence electrons. The third-order valence-corrected chi connectivity index (χ3v) is 2.99. The van der Waals surface area contributed by atoms with E-state index in [0.717, 1.165) is 5.69 Å². The summed E-state index contributed by atoms with van der Waals surface area (Å²) < 4.78 is 0. The molecule has 0 saturated carbocycles. The number of aromatic nitrogens is 2. The van der Waals surface area contributed by atoms with Gasteiger partial charge in [-0.3, -0.25) is 14.8 Å². The van der Waals surface area contributed by atoms with Gasteiger partial charge in [-0.15, -0.1) is 0 Å². The van der Waals surface area contributed by atoms with Crippen LogP contribution in [-0.4, -0.2) is 38.4 Å². The Hall–Kier alpha value is -2.76. The number of hydrogen-bond acceptors (Lipinski definition) is 4. The Balaban J connectivity index is 2.27. The lowest BCUT2D eigenvalue weighted by atomic mass is 10.1. The van der Waals surface area contributed by atoms with Crippen molar-refractivity contribution < 1.29 is 14.7 Å². The number of hydrogen-bond donors (Lipinski definition) is 1. The fraction of sp³-hybridized carbons (Fsp3) is 0.200. The predicted molar refractivity (Wildman–Crippen MR) is 75.8 cm³/mol. The van der Waals surface area contributed by atoms with E-state index in [-0.39, 0.29) is 11.3 Å². The molecule has 2 aromatic heterocycles. The number of carboxylic acids is 1. The minimum atomic E-state index is -1.17. The van der Waals surface area contributed by atoms with Crippen LogP contribution in [0.1, 0.15) is 33.5 Å². The number of pyridine rings is 2. The van der Waals surface area contributed by atoms with Crippen molar-refractivity contribution in [2.45, 2.75) is 13.5 Å². The minimum absolute atomic E-state index is 0.0530. The SMILES string of the molecule is CCN(Cc1ccccn1)C(=O)c1ncccc1C(=O)O. The molecule has 0 spiro atoms. The first kappa shape index (κ1) is 14.6. The van der Waals surface area contributed by atoms with Gasteiger partial charge in [-0.25, -0.2) is 4.79 Å². The highest BCUT2D eigenvalue weighted by Gasteiger charge is 2.22. The topological polar surface area (TPSA) is 83.4 Å². The number of aromatic carboxylic acids is 1. The maximum atomic E-state index is 12.5. The molecule has 0 bridgehead atoms. The third-order valence-electron chi connectivity index (χ3n) is 2.99. The Morgan fingerprint density at radius 3 is 2.52 bits per heavy atom. The summed E-state index contributed by atoms with van der Waals surface area (Å²) in [6.45, 7) is 2.57. The molecule has 2 heterocycles. The Morgan fingerprint density at radius 1 is 1.14 bits per heavy atom. The zero-order chi connectivity index (χ0) is 15.2. The molecule has 0 aromatic carbocycles. The van der Waals surface area contributed by atoms with Crippen LogP contribution in [0.15, 0.2) is 42.7 Å². The number of nitrogens with zero attached hydrogens (tertiary/aromatic N) is 3. The third kappa shape index (κ3) is 3.42. The van der Waals surface area contributed by atoms with E-state index in [0.29, 0.717) is 13.1 Å². The molecule has 2 aromatic rings. The molecule has 0 unspecified atom stereocenters. The number of carbonyl (C=O) groups is 2. The van der Waals surface area contributed by atoms with Crippen LogP contribution in [-0.2, 0) is 6.54 Å². The second-order valence-electron chi connectivity index (χ2n) is 4.35. The van der Waals surface area contributed by atoms with Crippen LogP contribution in [0.2, 0.25) is 0 Å². The lowest BCUT2D eigenvalue weighted by Crippen LogP contribution is -2.32. The fourth-order valence-electron chi connectivity index (χ4n) is 1.91. The van der Waals surface area contributed by atoms with E-state index >= 15 is 0 Å². The molecule has 0 radical (unpaired) electrons. The van der Waals surface area contributed by atoms with Gasteiger partial charge in [-0.05, 0) is 31.2 Å². The molecule has 2 rings (SSSR count). The predicted octanol–water partition coefficient (Wildman–Crippen LogP) is 1.84. The second kappa shape index (κ2) is 6.60. The van der Waals surface area contributed by atoms with E-state index in [4.69, 9.17) is 5.11 Å². The van der Waals surface area contributed by atoms with E-state index in [1.54, 1.807) is 12.3 Å². The van der Waals surface area contributed by atoms with Gasteiger partial charge in [-0.2, -0.15) is 0 Å². The van der Waals surface area contributed by atoms with Crippen molar-refractivity contribution in [3.63, 3.8) is 0 Å². The molecule has 6 nitrogen and oxygen atoms in total. The smallest absolute Gasteiger partial charge is 0.338 e. The highest BCUT2D eigenvalue weighted by atomic mass is 16.4. The molecule has 21 heavy (non-hydrogen) atoms. The molecule has 0 atom stereocenters. The van der Waals surface area contributed by atoms with Crippen molar-refractivity contribution >= 4 is 11.9 Å². The van der Waals surface area contributed by atoms with Crippen LogP contribution in [0.5, 0.6) is 0 Å². The quantitative estimate of drug-likeness (QED) is 0.906. The summed E-state index contributed by atoms with van der Waals surface area (Å²) in [6, 6.07) is 8.31. The zero-order valence-electron chi connectivity index (χ0n) is 11.6. The maximum absolute atomic E-state index is 12.5. The van der Waals surface area contributed by atoms with Crippen LogP contribution < -0.4 is 0 Å². The highest BCUT2D eigenvalue weighted by Crippen LogP contribution is 2.11. The van der Waals surface area contributed by atoms with Gasteiger partial charge < -0.3 is 10.0 Å². The van der Waals surface area contributed by atoms with E-state index in [1.807, 2.05) is 19.1 Å². The van der Waals surface area contributed by atoms with Crippen molar-refractivity contribution in [3.05, 3.63) is 59.7 Å². The zero-order valence-corrected chi connectivity index (χ0v) is 11.6. The molecule has 0 aliphatic carbocycles. The molecule has 0 aliphatic heterocycles. The fourth-order valence-corrected chi connectivity index (χ4v) is 1.91. The number of rotatable bonds is 5. The van der Waals surface area contributed by atoms with Crippen LogP contribution in [0.3, 0.4) is 0 Å². The molecule has 6 heteroatoms. The molecule has 1 amide bonds. The molecular weight excluding hydrogens is 270 g/mol. The van der Waals surface area contributed by atoms with Crippen molar-refractivity contribution in [1.82, 2.24) is 14.9 Å². The molecule has 0 saturated heterocycles. The lowest BCUT2D eigenvalue weighted by molar-refractivity contribution is 0.0670. The lowest BCUT2D eigenvalue weighted by Gasteiger charge is -2.20. The first-order chi connectivity index (χ1) is 10.1. The Kier molecular flexibility index (Phi) is 4.61. The van der Waals surface area contributed by atoms with Crippen molar-refractivity contribution in [1.29, 1.82) is 0 Å². The summed E-state index contributed by atoms with van der Waals surface area (Å²) in [7, 11) is 0. The monoisotopic (exact) mass is 285 g/mol. The standard InChI is InChI=1S/C15H15N3O3/c1-2-18(10-11-6-3-4-8-16-11)14(19)13-12(15(20)21)7-5-9-17-13/h3-9H,2,10H2,1H3,(H,20,21). The van der Waals surface area contributed by atoms with Crippen LogP contribution >= 0.6 is 0 Å². The Bertz CT molecular complexity index is 644. The van der Waals surface area contributed by atoms with E-state index in [1.165, 1.54) is 23.2 Å². The Labute approximate surface area is 122 Å². The van der Waals surface area contributed by atoms with Crippen LogP contribution in [0, 0.1) is 0 Å². The van der Waals surface area contributed by atoms with Crippen molar-refractivity contribution in [2.24, 2.45) is 0 Å². The summed E-state index contributed by atoms with van der Waals surface area (Å²) in [4.78, 5) is 33.2. The molecular formula is C15H15N3O3. The molecule has 0 fully saturated rings. The maximum Gasteiger partial charge on any atom is 0.338 e. The highest BCUT2D eigenvalue weighted by molar-refractivity contribution is 6.03. The van der Waals surface area contributed by atoms with Crippen LogP contribution in [0.4, 0.5) is 0 Å². The van der Waals surface area contributed by atoms with Gasteiger partial charge in [0.2, 0.25) is 0 Å². The van der Waals surface area contributed by atoms with Gasteiger partial charge in [-0.1, -0.05) is 6.07 Å². The minimum Gasteiger partial charge on any atom is -0.478 e. The average Bonchev–Trinajstić information content (AvgIpc) is 2.53. The molecule has 1 N–H and O–H groups in total. The summed E-state index contributed by atoms with van der Waals surface area (Å²) in [5.41, 5.74) is 0.588. The normalized spacial score (nSPS) is 10.1. The summed E-state index contributed by atoms with van der Waals surface area (Å²) in [6.07, 6.45) is 3.06. The summed E-state index contributed by atoms with van der Waals surface area (Å²) in [5, 5.41) is 9.14. The van der Waals surface area contributed by atoms with Gasteiger partial charge in [0.15, 0.2) is 0 Å². The van der Waals surface area contributed by atoms with Gasteiger partial charge in [0.05, 0.1) is 17.8 Å².